The maximum atomic E-state index is 13.5. The van der Waals surface area contributed by atoms with E-state index < -0.39 is 30.0 Å². The lowest BCUT2D eigenvalue weighted by Gasteiger charge is -2.27. The van der Waals surface area contributed by atoms with Crippen LogP contribution in [-0.4, -0.2) is 67.2 Å². The Morgan fingerprint density at radius 2 is 1.69 bits per heavy atom. The van der Waals surface area contributed by atoms with Crippen molar-refractivity contribution in [3.05, 3.63) is 88.1 Å². The van der Waals surface area contributed by atoms with Gasteiger partial charge in [-0.15, -0.1) is 5.17 Å². The largest absolute Gasteiger partial charge is 0.493 e. The van der Waals surface area contributed by atoms with Crippen molar-refractivity contribution in [2.75, 3.05) is 29.0 Å². The Bertz CT molecular complexity index is 1900. The van der Waals surface area contributed by atoms with Crippen LogP contribution in [0, 0.1) is 13.8 Å². The number of carbonyl (C=O) groups is 3. The van der Waals surface area contributed by atoms with Gasteiger partial charge in [-0.25, -0.2) is 24.4 Å². The summed E-state index contributed by atoms with van der Waals surface area (Å²) in [5.74, 6) is -3.73. The molecule has 15 nitrogen and oxygen atoms in total. The molecule has 0 bridgehead atoms. The summed E-state index contributed by atoms with van der Waals surface area (Å²) in [7, 11) is 0. The molecule has 4 aromatic rings. The number of aryl methyl sites for hydroxylation is 2. The maximum absolute atomic E-state index is 13.5. The molecule has 1 amide bonds. The number of halogens is 3. The summed E-state index contributed by atoms with van der Waals surface area (Å²) in [6, 6.07) is 10.8. The molecule has 0 atom stereocenters. The number of hydrogen-bond acceptors (Lipinski definition) is 13. The van der Waals surface area contributed by atoms with Gasteiger partial charge in [0.1, 0.15) is 11.6 Å². The van der Waals surface area contributed by atoms with Gasteiger partial charge < -0.3 is 19.6 Å². The predicted molar refractivity (Wildman–Crippen MR) is 190 cm³/mol. The quantitative estimate of drug-likeness (QED) is 0.0954. The van der Waals surface area contributed by atoms with Crippen LogP contribution in [0.4, 0.5) is 35.4 Å². The molecule has 2 N–H and O–H groups in total. The van der Waals surface area contributed by atoms with Crippen LogP contribution in [0.2, 0.25) is 0 Å². The van der Waals surface area contributed by atoms with Crippen molar-refractivity contribution in [1.29, 1.82) is 0 Å². The fourth-order valence-corrected chi connectivity index (χ4v) is 5.68. The molecule has 0 saturated carbocycles. The summed E-state index contributed by atoms with van der Waals surface area (Å²) in [5, 5.41) is 12.0. The van der Waals surface area contributed by atoms with Crippen molar-refractivity contribution in [3.8, 4) is 0 Å². The Morgan fingerprint density at radius 3 is 2.33 bits per heavy atom. The Balaban J connectivity index is 1.39. The van der Waals surface area contributed by atoms with Gasteiger partial charge in [0.2, 0.25) is 5.82 Å². The number of carbonyl (C=O) groups excluding carboxylic acids is 3. The van der Waals surface area contributed by atoms with Gasteiger partial charge in [-0.3, -0.25) is 10.00 Å². The average Bonchev–Trinajstić information content (AvgIpc) is 3.76. The first-order valence-corrected chi connectivity index (χ1v) is 17.5. The van der Waals surface area contributed by atoms with Crippen molar-refractivity contribution in [1.82, 2.24) is 29.7 Å². The highest BCUT2D eigenvalue weighted by Gasteiger charge is 2.46. The maximum Gasteiger partial charge on any atom is 0.493 e. The molecule has 0 aliphatic carbocycles. The number of anilines is 3. The molecule has 4 heterocycles. The minimum Gasteiger partial charge on any atom is -0.460 e. The minimum absolute atomic E-state index is 0.00446. The number of aromatic nitrogens is 5. The van der Waals surface area contributed by atoms with E-state index in [0.29, 0.717) is 35.4 Å². The van der Waals surface area contributed by atoms with Crippen molar-refractivity contribution in [3.63, 3.8) is 0 Å². The zero-order valence-electron chi connectivity index (χ0n) is 30.4. The summed E-state index contributed by atoms with van der Waals surface area (Å²) in [4.78, 5) is 55.3. The Kier molecular flexibility index (Phi) is 13.0. The number of amides is 1. The van der Waals surface area contributed by atoms with Gasteiger partial charge in [0.05, 0.1) is 31.9 Å². The van der Waals surface area contributed by atoms with Crippen molar-refractivity contribution in [2.24, 2.45) is 0 Å². The third-order valence-corrected chi connectivity index (χ3v) is 8.36. The second-order valence-corrected chi connectivity index (χ2v) is 12.5. The highest BCUT2D eigenvalue weighted by Crippen LogP contribution is 2.37. The molecule has 0 saturated heterocycles. The first kappa shape index (κ1) is 39.4. The first-order chi connectivity index (χ1) is 25.9. The molecule has 54 heavy (non-hydrogen) atoms. The minimum atomic E-state index is -5.32. The number of rotatable bonds is 16. The van der Waals surface area contributed by atoms with Crippen molar-refractivity contribution in [2.45, 2.75) is 85.7 Å². The lowest BCUT2D eigenvalue weighted by molar-refractivity contribution is -0.207. The second kappa shape index (κ2) is 17.8. The molecular weight excluding hydrogens is 711 g/mol. The summed E-state index contributed by atoms with van der Waals surface area (Å²) in [6.45, 7) is 8.04. The molecule has 18 heteroatoms. The number of fused-ring (bicyclic) bond motifs is 1. The monoisotopic (exact) mass is 753 g/mol. The summed E-state index contributed by atoms with van der Waals surface area (Å²) in [6.07, 6.45) is 1.41. The van der Waals surface area contributed by atoms with Gasteiger partial charge in [0.25, 0.3) is 0 Å². The number of nitrogens with one attached hydrogen (secondary N) is 2. The van der Waals surface area contributed by atoms with Crippen LogP contribution in [0.15, 0.2) is 48.8 Å². The zero-order chi connectivity index (χ0) is 38.8. The third kappa shape index (κ3) is 10.2. The third-order valence-electron chi connectivity index (χ3n) is 8.36. The van der Waals surface area contributed by atoms with Crippen LogP contribution < -0.4 is 15.8 Å². The van der Waals surface area contributed by atoms with E-state index in [0.717, 1.165) is 42.4 Å². The van der Waals surface area contributed by atoms with E-state index in [1.807, 2.05) is 25.3 Å². The van der Waals surface area contributed by atoms with Gasteiger partial charge in [-0.1, -0.05) is 50.5 Å². The molecule has 1 aromatic carbocycles. The van der Waals surface area contributed by atoms with E-state index in [4.69, 9.17) is 14.3 Å². The summed E-state index contributed by atoms with van der Waals surface area (Å²) >= 11 is 0. The standard InChI is InChI=1S/C36H42F3N9O6/c1-5-7-8-9-17-53-35(51)43-29-18-23(3)27(24(4)42-29)19-40-30-28-22-47(21-26-13-11-25(12-14-26)20-46-16-10-15-41-46)48(54-34(50)36(37,38)39)32(28)45-31(44-30)33(49)52-6-2/h10-16,18H,5-9,17,19-22H2,1-4H3,(H,40,44,45)(H,42,43,51). The fraction of sp³-hybridized carbons (Fsp3) is 0.417. The van der Waals surface area contributed by atoms with Gasteiger partial charge in [-0.05, 0) is 61.6 Å². The van der Waals surface area contributed by atoms with Crippen LogP contribution in [-0.2, 0) is 45.3 Å². The summed E-state index contributed by atoms with van der Waals surface area (Å²) < 4.78 is 52.7. The SMILES string of the molecule is CCCCCCOC(=O)Nc1cc(C)c(CNc2nc(C(=O)OCC)nc3c2CN(Cc2ccc(Cn4cccn4)cc2)N3OC(=O)C(F)(F)F)c(C)n1. The normalized spacial score (nSPS) is 12.7. The van der Waals surface area contributed by atoms with E-state index in [1.54, 1.807) is 49.0 Å². The van der Waals surface area contributed by atoms with Crippen LogP contribution >= 0.6 is 0 Å². The van der Waals surface area contributed by atoms with Gasteiger partial charge in [0.15, 0.2) is 5.82 Å². The molecule has 5 rings (SSSR count). The highest BCUT2D eigenvalue weighted by molar-refractivity contribution is 5.87. The van der Waals surface area contributed by atoms with Gasteiger partial charge in [-0.2, -0.15) is 28.3 Å². The van der Waals surface area contributed by atoms with E-state index in [9.17, 15) is 27.6 Å². The van der Waals surface area contributed by atoms with Crippen molar-refractivity contribution < 1.29 is 41.9 Å². The number of esters is 1. The van der Waals surface area contributed by atoms with Crippen LogP contribution in [0.5, 0.6) is 0 Å². The number of alkyl halides is 3. The number of benzene rings is 1. The van der Waals surface area contributed by atoms with E-state index >= 15 is 0 Å². The number of hydrazine groups is 1. The number of nitrogens with zero attached hydrogens (tertiary/aromatic N) is 7. The molecule has 0 unspecified atom stereocenters. The van der Waals surface area contributed by atoms with E-state index in [2.05, 4.69) is 37.6 Å². The number of unbranched alkanes of at least 4 members (excludes halogenated alkanes) is 3. The Morgan fingerprint density at radius 1 is 0.944 bits per heavy atom. The number of ether oxygens (including phenoxy) is 2. The number of hydrogen-bond donors (Lipinski definition) is 2. The van der Waals surface area contributed by atoms with Crippen LogP contribution in [0.1, 0.15) is 83.7 Å². The molecule has 1 aliphatic heterocycles. The molecule has 0 radical (unpaired) electrons. The fourth-order valence-electron chi connectivity index (χ4n) is 5.68. The Hall–Kier alpha value is -5.78. The van der Waals surface area contributed by atoms with Crippen molar-refractivity contribution >= 4 is 35.5 Å². The predicted octanol–water partition coefficient (Wildman–Crippen LogP) is 6.41. The first-order valence-electron chi connectivity index (χ1n) is 17.5. The molecule has 1 aliphatic rings. The molecule has 0 fully saturated rings. The lowest BCUT2D eigenvalue weighted by atomic mass is 10.1. The molecule has 3 aromatic heterocycles. The second-order valence-electron chi connectivity index (χ2n) is 12.5. The summed E-state index contributed by atoms with van der Waals surface area (Å²) in [5.41, 5.74) is 3.92. The molecule has 288 valence electrons. The highest BCUT2D eigenvalue weighted by atomic mass is 19.4. The van der Waals surface area contributed by atoms with Crippen LogP contribution in [0.3, 0.4) is 0 Å². The topological polar surface area (TPSA) is 166 Å². The number of pyridine rings is 1. The molecule has 0 spiro atoms. The van der Waals surface area contributed by atoms with Gasteiger partial charge in [0, 0.05) is 31.2 Å². The Labute approximate surface area is 309 Å². The molecular formula is C36H42F3N9O6. The average molecular weight is 754 g/mol. The lowest BCUT2D eigenvalue weighted by Crippen LogP contribution is -2.42. The zero-order valence-corrected chi connectivity index (χ0v) is 30.4. The van der Waals surface area contributed by atoms with E-state index in [1.165, 1.54) is 5.01 Å². The van der Waals surface area contributed by atoms with Crippen LogP contribution in [0.25, 0.3) is 0 Å². The smallest absolute Gasteiger partial charge is 0.460 e. The van der Waals surface area contributed by atoms with Gasteiger partial charge >= 0.3 is 24.2 Å². The van der Waals surface area contributed by atoms with E-state index in [-0.39, 0.29) is 43.4 Å².